The minimum atomic E-state index is -0.138. The van der Waals surface area contributed by atoms with Crippen LogP contribution in [0.15, 0.2) is 45.1 Å². The lowest BCUT2D eigenvalue weighted by Crippen LogP contribution is -2.29. The highest BCUT2D eigenvalue weighted by Gasteiger charge is 2.11. The molecular weight excluding hydrogens is 345 g/mol. The van der Waals surface area contributed by atoms with Gasteiger partial charge >= 0.3 is 0 Å². The smallest absolute Gasteiger partial charge is 0.136 e. The van der Waals surface area contributed by atoms with Crippen molar-refractivity contribution < 1.29 is 4.39 Å². The van der Waals surface area contributed by atoms with Gasteiger partial charge in [-0.2, -0.15) is 0 Å². The van der Waals surface area contributed by atoms with Crippen molar-refractivity contribution in [2.75, 3.05) is 12.8 Å². The number of benzene rings is 1. The number of rotatable bonds is 6. The van der Waals surface area contributed by atoms with Crippen LogP contribution in [0.2, 0.25) is 0 Å². The van der Waals surface area contributed by atoms with Crippen molar-refractivity contribution in [3.63, 3.8) is 0 Å². The van der Waals surface area contributed by atoms with Crippen LogP contribution < -0.4 is 5.32 Å². The zero-order chi connectivity index (χ0) is 13.7. The Morgan fingerprint density at radius 3 is 2.84 bits per heavy atom. The van der Waals surface area contributed by atoms with Gasteiger partial charge in [0, 0.05) is 31.4 Å². The second-order valence-electron chi connectivity index (χ2n) is 4.16. The number of thioether (sulfide) groups is 1. The monoisotopic (exact) mass is 359 g/mol. The standard InChI is InChI=1S/C14H15BrFNS2/c1-17-11(7-12-6-10(15)8-18-12)9-19-14-5-3-2-4-13(14)16/h2-6,8,11,17H,7,9H2,1H3. The summed E-state index contributed by atoms with van der Waals surface area (Å²) in [4.78, 5) is 2.05. The molecule has 0 radical (unpaired) electrons. The van der Waals surface area contributed by atoms with Crippen LogP contribution in [0, 0.1) is 5.82 Å². The lowest BCUT2D eigenvalue weighted by molar-refractivity contribution is 0.599. The summed E-state index contributed by atoms with van der Waals surface area (Å²) in [6.07, 6.45) is 0.966. The Bertz CT molecular complexity index is 530. The summed E-state index contributed by atoms with van der Waals surface area (Å²) in [5.41, 5.74) is 0. The van der Waals surface area contributed by atoms with E-state index in [1.165, 1.54) is 10.9 Å². The fraction of sp³-hybridized carbons (Fsp3) is 0.286. The van der Waals surface area contributed by atoms with Crippen molar-refractivity contribution in [2.45, 2.75) is 17.4 Å². The highest BCUT2D eigenvalue weighted by molar-refractivity contribution is 9.10. The van der Waals surface area contributed by atoms with Crippen molar-refractivity contribution in [3.05, 3.63) is 50.9 Å². The van der Waals surface area contributed by atoms with E-state index in [0.29, 0.717) is 6.04 Å². The Balaban J connectivity index is 1.91. The van der Waals surface area contributed by atoms with Gasteiger partial charge in [-0.25, -0.2) is 4.39 Å². The van der Waals surface area contributed by atoms with Gasteiger partial charge in [-0.3, -0.25) is 0 Å². The van der Waals surface area contributed by atoms with Crippen molar-refractivity contribution in [1.82, 2.24) is 5.32 Å². The maximum atomic E-state index is 13.5. The Kier molecular flexibility index (Phi) is 5.88. The van der Waals surface area contributed by atoms with E-state index in [1.54, 1.807) is 29.2 Å². The van der Waals surface area contributed by atoms with Gasteiger partial charge in [-0.15, -0.1) is 23.1 Å². The van der Waals surface area contributed by atoms with E-state index in [-0.39, 0.29) is 5.82 Å². The fourth-order valence-electron chi connectivity index (χ4n) is 1.70. The summed E-state index contributed by atoms with van der Waals surface area (Å²) in [7, 11) is 1.95. The Hall–Kier alpha value is -0.360. The van der Waals surface area contributed by atoms with Crippen LogP contribution in [0.25, 0.3) is 0 Å². The molecule has 2 rings (SSSR count). The molecule has 0 amide bonds. The third-order valence-corrected chi connectivity index (χ3v) is 5.69. The van der Waals surface area contributed by atoms with Gasteiger partial charge in [0.15, 0.2) is 0 Å². The first-order valence-electron chi connectivity index (χ1n) is 5.96. The summed E-state index contributed by atoms with van der Waals surface area (Å²) in [6, 6.07) is 9.41. The average molecular weight is 360 g/mol. The molecule has 102 valence electrons. The highest BCUT2D eigenvalue weighted by atomic mass is 79.9. The molecule has 0 aliphatic carbocycles. The largest absolute Gasteiger partial charge is 0.316 e. The van der Waals surface area contributed by atoms with E-state index < -0.39 is 0 Å². The molecule has 1 nitrogen and oxygen atoms in total. The molecule has 0 saturated heterocycles. The van der Waals surface area contributed by atoms with Crippen molar-refractivity contribution in [3.8, 4) is 0 Å². The maximum Gasteiger partial charge on any atom is 0.136 e. The number of halogens is 2. The first-order chi connectivity index (χ1) is 9.19. The van der Waals surface area contributed by atoms with Gasteiger partial charge in [0.2, 0.25) is 0 Å². The number of hydrogen-bond donors (Lipinski definition) is 1. The van der Waals surface area contributed by atoms with E-state index in [1.807, 2.05) is 19.2 Å². The molecule has 0 fully saturated rings. The Morgan fingerprint density at radius 1 is 1.42 bits per heavy atom. The van der Waals surface area contributed by atoms with Crippen LogP contribution in [0.5, 0.6) is 0 Å². The molecule has 1 aromatic carbocycles. The summed E-state index contributed by atoms with van der Waals surface area (Å²) in [5, 5.41) is 5.39. The van der Waals surface area contributed by atoms with Crippen molar-refractivity contribution >= 4 is 39.0 Å². The predicted octanol–water partition coefficient (Wildman–Crippen LogP) is 4.57. The molecule has 1 aromatic heterocycles. The molecule has 5 heteroatoms. The van der Waals surface area contributed by atoms with E-state index in [4.69, 9.17) is 0 Å². The normalized spacial score (nSPS) is 12.6. The van der Waals surface area contributed by atoms with Crippen molar-refractivity contribution in [1.29, 1.82) is 0 Å². The van der Waals surface area contributed by atoms with Crippen LogP contribution in [-0.2, 0) is 6.42 Å². The van der Waals surface area contributed by atoms with Crippen LogP contribution in [0.3, 0.4) is 0 Å². The average Bonchev–Trinajstić information content (AvgIpc) is 2.81. The SMILES string of the molecule is CNC(CSc1ccccc1F)Cc1cc(Br)cs1. The highest BCUT2D eigenvalue weighted by Crippen LogP contribution is 2.25. The topological polar surface area (TPSA) is 12.0 Å². The molecule has 1 unspecified atom stereocenters. The lowest BCUT2D eigenvalue weighted by Gasteiger charge is -2.15. The number of thiophene rings is 1. The van der Waals surface area contributed by atoms with Gasteiger partial charge in [0.25, 0.3) is 0 Å². The molecule has 0 bridgehead atoms. The zero-order valence-corrected chi connectivity index (χ0v) is 13.7. The van der Waals surface area contributed by atoms with E-state index in [2.05, 4.69) is 32.7 Å². The number of likely N-dealkylation sites (N-methyl/N-ethyl adjacent to an activating group) is 1. The second-order valence-corrected chi connectivity index (χ2v) is 7.14. The molecule has 1 heterocycles. The summed E-state index contributed by atoms with van der Waals surface area (Å²) < 4.78 is 14.7. The molecule has 0 saturated carbocycles. The first-order valence-corrected chi connectivity index (χ1v) is 8.62. The number of nitrogens with one attached hydrogen (secondary N) is 1. The molecule has 2 aromatic rings. The van der Waals surface area contributed by atoms with E-state index >= 15 is 0 Å². The van der Waals surface area contributed by atoms with E-state index in [9.17, 15) is 4.39 Å². The van der Waals surface area contributed by atoms with Gasteiger partial charge in [0.05, 0.1) is 0 Å². The van der Waals surface area contributed by atoms with Crippen molar-refractivity contribution in [2.24, 2.45) is 0 Å². The molecular formula is C14H15BrFNS2. The minimum absolute atomic E-state index is 0.138. The molecule has 0 aliphatic heterocycles. The Labute approximate surface area is 129 Å². The second kappa shape index (κ2) is 7.43. The maximum absolute atomic E-state index is 13.5. The zero-order valence-electron chi connectivity index (χ0n) is 10.5. The van der Waals surface area contributed by atoms with E-state index in [0.717, 1.165) is 21.5 Å². The summed E-state index contributed by atoms with van der Waals surface area (Å²) >= 11 is 6.77. The van der Waals surface area contributed by atoms with Crippen LogP contribution in [0.4, 0.5) is 4.39 Å². The third kappa shape index (κ3) is 4.60. The molecule has 19 heavy (non-hydrogen) atoms. The lowest BCUT2D eigenvalue weighted by atomic mass is 10.2. The molecule has 0 spiro atoms. The van der Waals surface area contributed by atoms with Crippen LogP contribution in [-0.4, -0.2) is 18.8 Å². The molecule has 1 N–H and O–H groups in total. The van der Waals surface area contributed by atoms with Gasteiger partial charge < -0.3 is 5.32 Å². The number of hydrogen-bond acceptors (Lipinski definition) is 3. The third-order valence-electron chi connectivity index (χ3n) is 2.75. The van der Waals surface area contributed by atoms with Gasteiger partial charge in [0.1, 0.15) is 5.82 Å². The Morgan fingerprint density at radius 2 is 2.21 bits per heavy atom. The predicted molar refractivity (Wildman–Crippen MR) is 85.7 cm³/mol. The molecule has 0 aliphatic rings. The quantitative estimate of drug-likeness (QED) is 0.758. The fourth-order valence-corrected chi connectivity index (χ4v) is 4.28. The minimum Gasteiger partial charge on any atom is -0.316 e. The van der Waals surface area contributed by atoms with Crippen LogP contribution in [0.1, 0.15) is 4.88 Å². The van der Waals surface area contributed by atoms with Crippen LogP contribution >= 0.6 is 39.0 Å². The first kappa shape index (κ1) is 15.0. The molecule has 1 atom stereocenters. The van der Waals surface area contributed by atoms with Gasteiger partial charge in [-0.05, 0) is 47.6 Å². The summed E-state index contributed by atoms with van der Waals surface area (Å²) in [6.45, 7) is 0. The summed E-state index contributed by atoms with van der Waals surface area (Å²) in [5.74, 6) is 0.716. The van der Waals surface area contributed by atoms with Gasteiger partial charge in [-0.1, -0.05) is 12.1 Å².